The molecule has 0 aromatic carbocycles. The van der Waals surface area contributed by atoms with Gasteiger partial charge in [-0.2, -0.15) is 4.99 Å². The Bertz CT molecular complexity index is 430. The van der Waals surface area contributed by atoms with E-state index in [1.165, 1.54) is 12.3 Å². The van der Waals surface area contributed by atoms with Gasteiger partial charge in [0.15, 0.2) is 0 Å². The molecular weight excluding hydrogens is 196 g/mol. The summed E-state index contributed by atoms with van der Waals surface area (Å²) >= 11 is 0.866. The van der Waals surface area contributed by atoms with Crippen molar-refractivity contribution in [1.82, 2.24) is 4.98 Å². The van der Waals surface area contributed by atoms with Crippen molar-refractivity contribution in [2.45, 2.75) is 0 Å². The van der Waals surface area contributed by atoms with Crippen LogP contribution in [0.2, 0.25) is 0 Å². The van der Waals surface area contributed by atoms with Crippen LogP contribution in [0.1, 0.15) is 4.88 Å². The number of aromatic amines is 1. The van der Waals surface area contributed by atoms with Gasteiger partial charge in [0.2, 0.25) is 11.6 Å². The molecule has 0 aliphatic carbocycles. The first-order chi connectivity index (χ1) is 6.25. The second-order valence-electron chi connectivity index (χ2n) is 2.17. The fraction of sp³-hybridized carbons (Fsp3) is 0. The van der Waals surface area contributed by atoms with Gasteiger partial charge in [-0.3, -0.25) is 14.7 Å². The molecule has 1 aliphatic heterocycles. The minimum absolute atomic E-state index is 0.189. The standard InChI is InChI=1S/C6H4N2O4S/c9-5-4(13-6(10)8-5)1-3-2-7-12-11-3/h1-2,9H,(H,8,10). The van der Waals surface area contributed by atoms with Gasteiger partial charge in [0.1, 0.15) is 6.21 Å². The quantitative estimate of drug-likeness (QED) is 0.644. The topological polar surface area (TPSA) is 83.9 Å². The molecule has 68 valence electrons. The Kier molecular flexibility index (Phi) is 1.78. The van der Waals surface area contributed by atoms with Crippen LogP contribution in [0.4, 0.5) is 0 Å². The van der Waals surface area contributed by atoms with Crippen LogP contribution in [-0.2, 0) is 9.88 Å². The molecule has 2 rings (SSSR count). The van der Waals surface area contributed by atoms with Crippen LogP contribution in [0.5, 0.6) is 5.88 Å². The molecule has 13 heavy (non-hydrogen) atoms. The van der Waals surface area contributed by atoms with Crippen molar-refractivity contribution in [3.8, 4) is 5.88 Å². The molecule has 7 heteroatoms. The number of nitrogens with zero attached hydrogens (tertiary/aromatic N) is 1. The SMILES string of the molecule is O=c1[nH]c(O)c(C=C2C=NOO2)s1. The Morgan fingerprint density at radius 1 is 1.69 bits per heavy atom. The van der Waals surface area contributed by atoms with E-state index in [0.29, 0.717) is 10.6 Å². The minimum atomic E-state index is -0.333. The first-order valence-electron chi connectivity index (χ1n) is 3.26. The molecule has 0 saturated heterocycles. The molecule has 0 bridgehead atoms. The molecule has 2 N–H and O–H groups in total. The molecule has 0 unspecified atom stereocenters. The highest BCUT2D eigenvalue weighted by Crippen LogP contribution is 2.20. The van der Waals surface area contributed by atoms with Crippen molar-refractivity contribution in [2.24, 2.45) is 5.16 Å². The first-order valence-corrected chi connectivity index (χ1v) is 4.08. The summed E-state index contributed by atoms with van der Waals surface area (Å²) < 4.78 is 0. The molecule has 1 aromatic heterocycles. The molecule has 0 atom stereocenters. The Morgan fingerprint density at radius 3 is 3.08 bits per heavy atom. The van der Waals surface area contributed by atoms with Gasteiger partial charge >= 0.3 is 4.87 Å². The number of aromatic nitrogens is 1. The Balaban J connectivity index is 2.36. The molecular formula is C6H4N2O4S. The average molecular weight is 200 g/mol. The van der Waals surface area contributed by atoms with Crippen molar-refractivity contribution in [1.29, 1.82) is 0 Å². The number of hydrogen-bond acceptors (Lipinski definition) is 6. The van der Waals surface area contributed by atoms with Crippen molar-refractivity contribution in [3.63, 3.8) is 0 Å². The van der Waals surface area contributed by atoms with Crippen LogP contribution in [0.25, 0.3) is 6.08 Å². The summed E-state index contributed by atoms with van der Waals surface area (Å²) in [5, 5.41) is 12.5. The normalized spacial score (nSPS) is 17.4. The second kappa shape index (κ2) is 2.94. The van der Waals surface area contributed by atoms with E-state index in [0.717, 1.165) is 11.3 Å². The number of H-pyrrole nitrogens is 1. The Morgan fingerprint density at radius 2 is 2.54 bits per heavy atom. The maximum Gasteiger partial charge on any atom is 0.307 e. The van der Waals surface area contributed by atoms with Crippen LogP contribution < -0.4 is 4.87 Å². The van der Waals surface area contributed by atoms with E-state index < -0.39 is 0 Å². The lowest BCUT2D eigenvalue weighted by Crippen LogP contribution is -1.89. The number of nitrogens with one attached hydrogen (secondary N) is 1. The van der Waals surface area contributed by atoms with Gasteiger partial charge in [-0.15, -0.1) is 0 Å². The zero-order chi connectivity index (χ0) is 9.26. The molecule has 0 saturated carbocycles. The fourth-order valence-corrected chi connectivity index (χ4v) is 1.45. The van der Waals surface area contributed by atoms with Crippen LogP contribution >= 0.6 is 11.3 Å². The van der Waals surface area contributed by atoms with E-state index in [1.807, 2.05) is 0 Å². The Hall–Kier alpha value is -1.76. The molecule has 0 spiro atoms. The molecule has 1 aliphatic rings. The van der Waals surface area contributed by atoms with Gasteiger partial charge < -0.3 is 5.11 Å². The van der Waals surface area contributed by atoms with Gasteiger partial charge in [0.25, 0.3) is 0 Å². The summed E-state index contributed by atoms with van der Waals surface area (Å²) in [6, 6.07) is 0. The fourth-order valence-electron chi connectivity index (χ4n) is 0.780. The number of thiazole rings is 1. The maximum absolute atomic E-state index is 10.8. The Labute approximate surface area is 75.7 Å². The summed E-state index contributed by atoms with van der Waals surface area (Å²) in [7, 11) is 0. The highest BCUT2D eigenvalue weighted by molar-refractivity contribution is 7.10. The van der Waals surface area contributed by atoms with Crippen molar-refractivity contribution < 1.29 is 15.0 Å². The van der Waals surface area contributed by atoms with E-state index in [-0.39, 0.29) is 10.8 Å². The van der Waals surface area contributed by atoms with E-state index >= 15 is 0 Å². The summed E-state index contributed by atoms with van der Waals surface area (Å²) in [6.45, 7) is 0. The summed E-state index contributed by atoms with van der Waals surface area (Å²) in [5.74, 6) is 0.136. The monoisotopic (exact) mass is 200 g/mol. The lowest BCUT2D eigenvalue weighted by atomic mass is 10.4. The summed E-state index contributed by atoms with van der Waals surface area (Å²) in [5.41, 5.74) is 0. The average Bonchev–Trinajstić information content (AvgIpc) is 2.63. The molecule has 0 radical (unpaired) electrons. The first kappa shape index (κ1) is 7.87. The third kappa shape index (κ3) is 1.54. The van der Waals surface area contributed by atoms with Crippen LogP contribution in [0, 0.1) is 0 Å². The molecule has 0 amide bonds. The van der Waals surface area contributed by atoms with E-state index in [2.05, 4.69) is 20.0 Å². The highest BCUT2D eigenvalue weighted by Gasteiger charge is 2.09. The zero-order valence-electron chi connectivity index (χ0n) is 6.18. The van der Waals surface area contributed by atoms with Crippen LogP contribution in [0.15, 0.2) is 15.7 Å². The number of aromatic hydroxyl groups is 1. The lowest BCUT2D eigenvalue weighted by molar-refractivity contribution is -0.241. The van der Waals surface area contributed by atoms with Gasteiger partial charge in [-0.1, -0.05) is 11.3 Å². The van der Waals surface area contributed by atoms with Crippen molar-refractivity contribution in [2.75, 3.05) is 0 Å². The summed E-state index contributed by atoms with van der Waals surface area (Å²) in [4.78, 5) is 21.8. The van der Waals surface area contributed by atoms with Crippen LogP contribution in [-0.4, -0.2) is 16.3 Å². The van der Waals surface area contributed by atoms with Crippen molar-refractivity contribution in [3.05, 3.63) is 20.3 Å². The van der Waals surface area contributed by atoms with Crippen LogP contribution in [0.3, 0.4) is 0 Å². The number of allylic oxidation sites excluding steroid dienone is 1. The molecule has 2 heterocycles. The molecule has 0 fully saturated rings. The van der Waals surface area contributed by atoms with Gasteiger partial charge in [0.05, 0.1) is 4.88 Å². The number of hydrogen-bond donors (Lipinski definition) is 2. The smallest absolute Gasteiger partial charge is 0.307 e. The zero-order valence-corrected chi connectivity index (χ0v) is 7.00. The minimum Gasteiger partial charge on any atom is -0.493 e. The van der Waals surface area contributed by atoms with E-state index in [1.54, 1.807) is 0 Å². The maximum atomic E-state index is 10.8. The van der Waals surface area contributed by atoms with Gasteiger partial charge in [0, 0.05) is 6.08 Å². The highest BCUT2D eigenvalue weighted by atomic mass is 32.1. The molecule has 6 nitrogen and oxygen atoms in total. The lowest BCUT2D eigenvalue weighted by Gasteiger charge is -1.89. The van der Waals surface area contributed by atoms with Gasteiger partial charge in [-0.25, -0.2) is 0 Å². The summed E-state index contributed by atoms with van der Waals surface area (Å²) in [6.07, 6.45) is 2.76. The van der Waals surface area contributed by atoms with Crippen molar-refractivity contribution >= 4 is 23.6 Å². The van der Waals surface area contributed by atoms with E-state index in [4.69, 9.17) is 5.11 Å². The molecule has 1 aromatic rings. The van der Waals surface area contributed by atoms with Gasteiger partial charge in [-0.05, 0) is 5.16 Å². The second-order valence-corrected chi connectivity index (χ2v) is 3.18. The predicted octanol–water partition coefficient (Wildman–Crippen LogP) is 0.431. The third-order valence-corrected chi connectivity index (χ3v) is 2.10. The van der Waals surface area contributed by atoms with E-state index in [9.17, 15) is 4.79 Å². The predicted molar refractivity (Wildman–Crippen MR) is 45.2 cm³/mol. The largest absolute Gasteiger partial charge is 0.493 e. The number of rotatable bonds is 1. The number of oxime groups is 1. The third-order valence-electron chi connectivity index (χ3n) is 1.29.